The Balaban J connectivity index is 2.11. The van der Waals surface area contributed by atoms with Gasteiger partial charge in [0.2, 0.25) is 5.95 Å². The molecule has 0 bridgehead atoms. The molecule has 0 amide bonds. The molecule has 1 aromatic rings. The van der Waals surface area contributed by atoms with Crippen LogP contribution in [0.25, 0.3) is 0 Å². The Morgan fingerprint density at radius 3 is 3.06 bits per heavy atom. The van der Waals surface area contributed by atoms with Crippen molar-refractivity contribution in [2.75, 3.05) is 29.2 Å². The van der Waals surface area contributed by atoms with Crippen molar-refractivity contribution in [3.05, 3.63) is 12.3 Å². The molecule has 5 nitrogen and oxygen atoms in total. The number of nitrogens with zero attached hydrogens (tertiary/aromatic N) is 3. The molecule has 2 heterocycles. The second-order valence-corrected chi connectivity index (χ2v) is 6.53. The molecule has 1 saturated heterocycles. The van der Waals surface area contributed by atoms with Crippen LogP contribution in [0.1, 0.15) is 20.3 Å². The fourth-order valence-electron chi connectivity index (χ4n) is 1.84. The van der Waals surface area contributed by atoms with Gasteiger partial charge in [0.15, 0.2) is 0 Å². The van der Waals surface area contributed by atoms with E-state index in [2.05, 4.69) is 34.1 Å². The van der Waals surface area contributed by atoms with Crippen LogP contribution in [0.2, 0.25) is 0 Å². The van der Waals surface area contributed by atoms with Gasteiger partial charge in [-0.25, -0.2) is 10.8 Å². The molecule has 0 atom stereocenters. The molecule has 1 aliphatic rings. The number of hydrazine groups is 1. The van der Waals surface area contributed by atoms with Gasteiger partial charge >= 0.3 is 0 Å². The van der Waals surface area contributed by atoms with E-state index in [4.69, 9.17) is 5.84 Å². The van der Waals surface area contributed by atoms with Gasteiger partial charge in [-0.05, 0) is 12.5 Å². The van der Waals surface area contributed by atoms with Gasteiger partial charge in [-0.15, -0.1) is 0 Å². The first-order valence-corrected chi connectivity index (χ1v) is 6.78. The number of nitrogens with one attached hydrogen (secondary N) is 1. The Bertz CT molecular complexity index is 382. The minimum atomic E-state index is 0.358. The van der Waals surface area contributed by atoms with Crippen LogP contribution in [0.15, 0.2) is 12.3 Å². The fourth-order valence-corrected chi connectivity index (χ4v) is 2.94. The van der Waals surface area contributed by atoms with Crippen molar-refractivity contribution in [1.82, 2.24) is 9.97 Å². The molecule has 0 aromatic carbocycles. The number of aromatic nitrogens is 2. The van der Waals surface area contributed by atoms with Crippen molar-refractivity contribution in [3.63, 3.8) is 0 Å². The van der Waals surface area contributed by atoms with Crippen LogP contribution < -0.4 is 16.2 Å². The third-order valence-corrected chi connectivity index (χ3v) is 4.30. The summed E-state index contributed by atoms with van der Waals surface area (Å²) in [4.78, 5) is 10.7. The lowest BCUT2D eigenvalue weighted by molar-refractivity contribution is 0.635. The summed E-state index contributed by atoms with van der Waals surface area (Å²) in [5.41, 5.74) is 2.48. The molecule has 17 heavy (non-hydrogen) atoms. The molecule has 1 fully saturated rings. The van der Waals surface area contributed by atoms with Crippen molar-refractivity contribution in [1.29, 1.82) is 0 Å². The summed E-state index contributed by atoms with van der Waals surface area (Å²) < 4.78 is 0.358. The molecular weight excluding hydrogens is 234 g/mol. The highest BCUT2D eigenvalue weighted by molar-refractivity contribution is 8.00. The van der Waals surface area contributed by atoms with E-state index in [0.717, 1.165) is 31.1 Å². The van der Waals surface area contributed by atoms with E-state index in [9.17, 15) is 0 Å². The van der Waals surface area contributed by atoms with Crippen molar-refractivity contribution >= 4 is 23.5 Å². The summed E-state index contributed by atoms with van der Waals surface area (Å²) in [5.74, 6) is 7.87. The highest BCUT2D eigenvalue weighted by Crippen LogP contribution is 2.31. The minimum Gasteiger partial charge on any atom is -0.356 e. The number of nitrogen functional groups attached to an aromatic ring is 1. The third kappa shape index (κ3) is 3.23. The van der Waals surface area contributed by atoms with E-state index < -0.39 is 0 Å². The number of hydrogen-bond donors (Lipinski definition) is 2. The number of anilines is 2. The summed E-state index contributed by atoms with van der Waals surface area (Å²) in [7, 11) is 0. The van der Waals surface area contributed by atoms with Crippen LogP contribution in [0.5, 0.6) is 0 Å². The number of thioether (sulfide) groups is 1. The maximum Gasteiger partial charge on any atom is 0.239 e. The molecule has 0 radical (unpaired) electrons. The summed E-state index contributed by atoms with van der Waals surface area (Å²) in [6, 6.07) is 1.93. The maximum atomic E-state index is 5.32. The van der Waals surface area contributed by atoms with E-state index in [-0.39, 0.29) is 0 Å². The molecule has 3 N–H and O–H groups in total. The lowest BCUT2D eigenvalue weighted by Gasteiger charge is -2.23. The summed E-state index contributed by atoms with van der Waals surface area (Å²) in [6.07, 6.45) is 2.90. The number of rotatable bonds is 2. The first-order chi connectivity index (χ1) is 8.11. The average Bonchev–Trinajstić information content (AvgIpc) is 2.50. The van der Waals surface area contributed by atoms with Gasteiger partial charge in [-0.2, -0.15) is 16.7 Å². The quantitative estimate of drug-likeness (QED) is 0.615. The maximum absolute atomic E-state index is 5.32. The van der Waals surface area contributed by atoms with Crippen LogP contribution >= 0.6 is 11.8 Å². The van der Waals surface area contributed by atoms with Gasteiger partial charge in [0.05, 0.1) is 0 Å². The van der Waals surface area contributed by atoms with Crippen molar-refractivity contribution in [3.8, 4) is 0 Å². The van der Waals surface area contributed by atoms with Crippen LogP contribution in [0, 0.1) is 0 Å². The molecule has 0 unspecified atom stereocenters. The van der Waals surface area contributed by atoms with E-state index in [1.807, 2.05) is 17.8 Å². The second-order valence-electron chi connectivity index (χ2n) is 4.73. The topological polar surface area (TPSA) is 67.1 Å². The zero-order valence-corrected chi connectivity index (χ0v) is 11.1. The highest BCUT2D eigenvalue weighted by atomic mass is 32.2. The van der Waals surface area contributed by atoms with Gasteiger partial charge in [-0.1, -0.05) is 13.8 Å². The minimum absolute atomic E-state index is 0.358. The number of hydrogen-bond acceptors (Lipinski definition) is 6. The van der Waals surface area contributed by atoms with Crippen LogP contribution in [-0.4, -0.2) is 33.6 Å². The lowest BCUT2D eigenvalue weighted by atomic mass is 10.1. The van der Waals surface area contributed by atoms with Crippen LogP contribution in [-0.2, 0) is 0 Å². The Hall–Kier alpha value is -1.01. The van der Waals surface area contributed by atoms with Gasteiger partial charge in [-0.3, -0.25) is 5.43 Å². The van der Waals surface area contributed by atoms with Crippen molar-refractivity contribution in [2.24, 2.45) is 5.84 Å². The Labute approximate surface area is 106 Å². The predicted molar refractivity (Wildman–Crippen MR) is 73.2 cm³/mol. The van der Waals surface area contributed by atoms with E-state index >= 15 is 0 Å². The Morgan fingerprint density at radius 2 is 2.29 bits per heavy atom. The molecule has 0 saturated carbocycles. The molecule has 2 rings (SSSR count). The van der Waals surface area contributed by atoms with Gasteiger partial charge < -0.3 is 4.90 Å². The summed E-state index contributed by atoms with van der Waals surface area (Å²) >= 11 is 2.02. The Morgan fingerprint density at radius 1 is 1.47 bits per heavy atom. The molecule has 1 aromatic heterocycles. The van der Waals surface area contributed by atoms with E-state index in [1.165, 1.54) is 0 Å². The number of nitrogens with two attached hydrogens (primary N) is 1. The normalized spacial score (nSPS) is 19.8. The first-order valence-electron chi connectivity index (χ1n) is 5.79. The third-order valence-electron chi connectivity index (χ3n) is 2.93. The molecule has 0 spiro atoms. The monoisotopic (exact) mass is 253 g/mol. The Kier molecular flexibility index (Phi) is 3.73. The zero-order valence-electron chi connectivity index (χ0n) is 10.3. The molecular formula is C11H19N5S. The van der Waals surface area contributed by atoms with Crippen molar-refractivity contribution < 1.29 is 0 Å². The average molecular weight is 253 g/mol. The standard InChI is InChI=1S/C11H19N5S/c1-11(2)4-6-16(7-8-17-11)9-3-5-13-10(14-9)15-12/h3,5H,4,6-8,12H2,1-2H3,(H,13,14,15). The lowest BCUT2D eigenvalue weighted by Crippen LogP contribution is -2.28. The largest absolute Gasteiger partial charge is 0.356 e. The predicted octanol–water partition coefficient (Wildman–Crippen LogP) is 1.48. The smallest absolute Gasteiger partial charge is 0.239 e. The second kappa shape index (κ2) is 5.10. The zero-order chi connectivity index (χ0) is 12.3. The van der Waals surface area contributed by atoms with Gasteiger partial charge in [0.1, 0.15) is 5.82 Å². The highest BCUT2D eigenvalue weighted by Gasteiger charge is 2.24. The summed E-state index contributed by atoms with van der Waals surface area (Å²) in [5, 5.41) is 0. The fraction of sp³-hybridized carbons (Fsp3) is 0.636. The molecule has 1 aliphatic heterocycles. The first kappa shape index (κ1) is 12.4. The van der Waals surface area contributed by atoms with Crippen LogP contribution in [0.4, 0.5) is 11.8 Å². The van der Waals surface area contributed by atoms with E-state index in [0.29, 0.717) is 10.7 Å². The summed E-state index contributed by atoms with van der Waals surface area (Å²) in [6.45, 7) is 6.65. The van der Waals surface area contributed by atoms with Gasteiger partial charge in [0.25, 0.3) is 0 Å². The van der Waals surface area contributed by atoms with Gasteiger partial charge in [0, 0.05) is 29.8 Å². The molecule has 6 heteroatoms. The van der Waals surface area contributed by atoms with E-state index in [1.54, 1.807) is 6.20 Å². The molecule has 0 aliphatic carbocycles. The van der Waals surface area contributed by atoms with Crippen molar-refractivity contribution in [2.45, 2.75) is 25.0 Å². The molecule has 94 valence electrons. The SMILES string of the molecule is CC1(C)CCN(c2ccnc(NN)n2)CCS1. The van der Waals surface area contributed by atoms with Crippen LogP contribution in [0.3, 0.4) is 0 Å².